The van der Waals surface area contributed by atoms with Crippen molar-refractivity contribution >= 4 is 11.0 Å². The van der Waals surface area contributed by atoms with Crippen LogP contribution in [0.5, 0.6) is 0 Å². The number of hydrogen-bond acceptors (Lipinski definition) is 4. The lowest BCUT2D eigenvalue weighted by Gasteiger charge is -2.24. The van der Waals surface area contributed by atoms with Gasteiger partial charge in [-0.2, -0.15) is 13.2 Å². The number of alkyl halides is 3. The van der Waals surface area contributed by atoms with Gasteiger partial charge in [0.15, 0.2) is 0 Å². The Hall–Kier alpha value is -2.16. The Kier molecular flexibility index (Phi) is 3.98. The van der Waals surface area contributed by atoms with Crippen LogP contribution >= 0.6 is 0 Å². The molecule has 0 bridgehead atoms. The van der Waals surface area contributed by atoms with E-state index in [0.717, 1.165) is 30.5 Å². The lowest BCUT2D eigenvalue weighted by Crippen LogP contribution is -2.38. The van der Waals surface area contributed by atoms with Gasteiger partial charge in [0, 0.05) is 20.1 Å². The molecule has 24 heavy (non-hydrogen) atoms. The van der Waals surface area contributed by atoms with E-state index < -0.39 is 28.4 Å². The van der Waals surface area contributed by atoms with Crippen LogP contribution in [0.4, 0.5) is 13.2 Å². The lowest BCUT2D eigenvalue weighted by molar-refractivity contribution is -0.136. The molecule has 1 fully saturated rings. The highest BCUT2D eigenvalue weighted by atomic mass is 19.4. The van der Waals surface area contributed by atoms with Crippen LogP contribution in [-0.4, -0.2) is 20.7 Å². The molecule has 6 nitrogen and oxygen atoms in total. The van der Waals surface area contributed by atoms with Gasteiger partial charge in [0.2, 0.25) is 0 Å². The maximum absolute atomic E-state index is 13.5. The number of fused-ring (bicyclic) bond motifs is 1. The molecule has 9 heteroatoms. The van der Waals surface area contributed by atoms with E-state index >= 15 is 0 Å². The Labute approximate surface area is 134 Å². The summed E-state index contributed by atoms with van der Waals surface area (Å²) < 4.78 is 42.2. The molecule has 1 aliphatic heterocycles. The van der Waals surface area contributed by atoms with Gasteiger partial charge >= 0.3 is 11.9 Å². The second kappa shape index (κ2) is 5.73. The van der Waals surface area contributed by atoms with E-state index in [4.69, 9.17) is 0 Å². The highest BCUT2D eigenvalue weighted by Gasteiger charge is 2.36. The van der Waals surface area contributed by atoms with E-state index in [1.807, 2.05) is 0 Å². The Bertz CT molecular complexity index is 908. The summed E-state index contributed by atoms with van der Waals surface area (Å²) in [6, 6.07) is 0.611. The molecular weight excluding hydrogens is 325 g/mol. The molecule has 0 amide bonds. The zero-order valence-electron chi connectivity index (χ0n) is 13.3. The van der Waals surface area contributed by atoms with Gasteiger partial charge in [-0.05, 0) is 25.5 Å². The molecule has 1 unspecified atom stereocenters. The summed E-state index contributed by atoms with van der Waals surface area (Å²) in [5.41, 5.74) is -2.78. The van der Waals surface area contributed by atoms with Crippen molar-refractivity contribution in [1.29, 1.82) is 0 Å². The highest BCUT2D eigenvalue weighted by molar-refractivity contribution is 5.79. The fourth-order valence-electron chi connectivity index (χ4n) is 3.08. The molecule has 0 aliphatic carbocycles. The van der Waals surface area contributed by atoms with Crippen LogP contribution in [-0.2, 0) is 20.3 Å². The molecular formula is C15H17F3N4O2. The van der Waals surface area contributed by atoms with Crippen LogP contribution in [0.1, 0.15) is 36.6 Å². The molecule has 3 heterocycles. The van der Waals surface area contributed by atoms with Crippen molar-refractivity contribution in [2.24, 2.45) is 14.1 Å². The summed E-state index contributed by atoms with van der Waals surface area (Å²) in [4.78, 5) is 28.5. The minimum Gasteiger partial charge on any atom is -0.309 e. The van der Waals surface area contributed by atoms with Crippen LogP contribution in [0.25, 0.3) is 11.0 Å². The van der Waals surface area contributed by atoms with Crippen LogP contribution in [0.15, 0.2) is 15.7 Å². The average Bonchev–Trinajstić information content (AvgIpc) is 2.57. The van der Waals surface area contributed by atoms with Crippen LogP contribution in [0, 0.1) is 0 Å². The molecule has 130 valence electrons. The second-order valence-corrected chi connectivity index (χ2v) is 6.00. The Balaban J connectivity index is 2.39. The van der Waals surface area contributed by atoms with Gasteiger partial charge in [-0.1, -0.05) is 6.42 Å². The second-order valence-electron chi connectivity index (χ2n) is 6.00. The van der Waals surface area contributed by atoms with E-state index in [2.05, 4.69) is 10.3 Å². The number of nitrogens with one attached hydrogen (secondary N) is 1. The third-order valence-electron chi connectivity index (χ3n) is 4.40. The standard InChI is InChI=1S/C15H17F3N4O2/c1-21-12-11(13(23)22(2)14(21)24)8(15(16,17)18)7-10(20-12)9-5-3-4-6-19-9/h7,9,19H,3-6H2,1-2H3. The van der Waals surface area contributed by atoms with Gasteiger partial charge in [-0.15, -0.1) is 0 Å². The minimum absolute atomic E-state index is 0.206. The number of rotatable bonds is 1. The summed E-state index contributed by atoms with van der Waals surface area (Å²) in [7, 11) is 2.47. The fraction of sp³-hybridized carbons (Fsp3) is 0.533. The summed E-state index contributed by atoms with van der Waals surface area (Å²) in [5, 5.41) is 2.56. The van der Waals surface area contributed by atoms with Gasteiger partial charge in [0.1, 0.15) is 5.65 Å². The third kappa shape index (κ3) is 2.62. The first kappa shape index (κ1) is 16.7. The molecule has 1 N–H and O–H groups in total. The molecule has 2 aromatic rings. The monoisotopic (exact) mass is 342 g/mol. The van der Waals surface area contributed by atoms with E-state index in [-0.39, 0.29) is 17.4 Å². The first-order valence-electron chi connectivity index (χ1n) is 7.63. The minimum atomic E-state index is -4.71. The van der Waals surface area contributed by atoms with Crippen molar-refractivity contribution in [3.05, 3.63) is 38.2 Å². The van der Waals surface area contributed by atoms with Crippen LogP contribution in [0.3, 0.4) is 0 Å². The van der Waals surface area contributed by atoms with Crippen molar-refractivity contribution in [1.82, 2.24) is 19.4 Å². The van der Waals surface area contributed by atoms with E-state index in [1.54, 1.807) is 0 Å². The molecule has 2 aromatic heterocycles. The summed E-state index contributed by atoms with van der Waals surface area (Å²) in [6.07, 6.45) is -2.22. The van der Waals surface area contributed by atoms with Gasteiger partial charge in [0.05, 0.1) is 16.6 Å². The van der Waals surface area contributed by atoms with E-state index in [0.29, 0.717) is 17.5 Å². The number of aromatic nitrogens is 3. The molecule has 0 radical (unpaired) electrons. The molecule has 0 saturated carbocycles. The predicted octanol–water partition coefficient (Wildman–Crippen LogP) is 1.47. The highest BCUT2D eigenvalue weighted by Crippen LogP contribution is 2.35. The normalized spacial score (nSPS) is 19.0. The van der Waals surface area contributed by atoms with Crippen molar-refractivity contribution in [3.63, 3.8) is 0 Å². The smallest absolute Gasteiger partial charge is 0.309 e. The zero-order valence-corrected chi connectivity index (χ0v) is 13.3. The molecule has 3 rings (SSSR count). The van der Waals surface area contributed by atoms with Crippen molar-refractivity contribution in [2.75, 3.05) is 6.54 Å². The number of hydrogen-bond donors (Lipinski definition) is 1. The number of nitrogens with zero attached hydrogens (tertiary/aromatic N) is 3. The van der Waals surface area contributed by atoms with Gasteiger partial charge in [0.25, 0.3) is 5.56 Å². The number of halogens is 3. The zero-order chi connectivity index (χ0) is 17.6. The molecule has 0 aromatic carbocycles. The van der Waals surface area contributed by atoms with Crippen molar-refractivity contribution < 1.29 is 13.2 Å². The lowest BCUT2D eigenvalue weighted by atomic mass is 9.99. The van der Waals surface area contributed by atoms with E-state index in [1.165, 1.54) is 7.05 Å². The third-order valence-corrected chi connectivity index (χ3v) is 4.40. The summed E-state index contributed by atoms with van der Waals surface area (Å²) in [6.45, 7) is 0.696. The first-order valence-corrected chi connectivity index (χ1v) is 7.63. The summed E-state index contributed by atoms with van der Waals surface area (Å²) in [5.74, 6) is 0. The predicted molar refractivity (Wildman–Crippen MR) is 81.8 cm³/mol. The average molecular weight is 342 g/mol. The SMILES string of the molecule is Cn1c(=O)c2c(C(F)(F)F)cc(C3CCCCN3)nc2n(C)c1=O. The van der Waals surface area contributed by atoms with Crippen molar-refractivity contribution in [2.45, 2.75) is 31.5 Å². The molecule has 0 spiro atoms. The van der Waals surface area contributed by atoms with Crippen LogP contribution < -0.4 is 16.6 Å². The number of aryl methyl sites for hydroxylation is 1. The largest absolute Gasteiger partial charge is 0.417 e. The number of piperidine rings is 1. The Morgan fingerprint density at radius 1 is 1.21 bits per heavy atom. The Morgan fingerprint density at radius 3 is 2.50 bits per heavy atom. The summed E-state index contributed by atoms with van der Waals surface area (Å²) >= 11 is 0. The molecule has 1 aliphatic rings. The van der Waals surface area contributed by atoms with Gasteiger partial charge < -0.3 is 5.32 Å². The first-order chi connectivity index (χ1) is 11.2. The Morgan fingerprint density at radius 2 is 1.92 bits per heavy atom. The topological polar surface area (TPSA) is 68.9 Å². The van der Waals surface area contributed by atoms with Gasteiger partial charge in [-0.3, -0.25) is 13.9 Å². The number of pyridine rings is 1. The van der Waals surface area contributed by atoms with Gasteiger partial charge in [-0.25, -0.2) is 9.78 Å². The maximum Gasteiger partial charge on any atom is 0.417 e. The quantitative estimate of drug-likeness (QED) is 0.852. The van der Waals surface area contributed by atoms with Crippen molar-refractivity contribution in [3.8, 4) is 0 Å². The van der Waals surface area contributed by atoms with Crippen LogP contribution in [0.2, 0.25) is 0 Å². The van der Waals surface area contributed by atoms with E-state index in [9.17, 15) is 22.8 Å². The fourth-order valence-corrected chi connectivity index (χ4v) is 3.08. The maximum atomic E-state index is 13.5. The molecule has 1 atom stereocenters. The molecule has 1 saturated heterocycles.